The van der Waals surface area contributed by atoms with Gasteiger partial charge in [-0.3, -0.25) is 9.10 Å². The van der Waals surface area contributed by atoms with Crippen molar-refractivity contribution in [1.82, 2.24) is 0 Å². The summed E-state index contributed by atoms with van der Waals surface area (Å²) in [6.45, 7) is 5.85. The fourth-order valence-corrected chi connectivity index (χ4v) is 4.40. The third-order valence-electron chi connectivity index (χ3n) is 4.31. The highest BCUT2D eigenvalue weighted by Gasteiger charge is 2.30. The third-order valence-corrected chi connectivity index (χ3v) is 6.07. The van der Waals surface area contributed by atoms with E-state index in [2.05, 4.69) is 0 Å². The van der Waals surface area contributed by atoms with Crippen molar-refractivity contribution < 1.29 is 27.4 Å². The molecule has 1 aliphatic rings. The number of rotatable bonds is 6. The van der Waals surface area contributed by atoms with Crippen molar-refractivity contribution in [3.63, 3.8) is 0 Å². The van der Waals surface area contributed by atoms with Crippen molar-refractivity contribution in [3.05, 3.63) is 47.5 Å². The normalized spacial score (nSPS) is 13.1. The number of hydrogen-bond donors (Lipinski definition) is 0. The monoisotopic (exact) mass is 405 g/mol. The Morgan fingerprint density at radius 3 is 2.50 bits per heavy atom. The zero-order valence-corrected chi connectivity index (χ0v) is 16.9. The van der Waals surface area contributed by atoms with Gasteiger partial charge in [0.1, 0.15) is 19.8 Å². The topological polar surface area (TPSA) is 82.1 Å². The molecule has 150 valence electrons. The number of hydrogen-bond acceptors (Lipinski definition) is 6. The summed E-state index contributed by atoms with van der Waals surface area (Å²) in [6.07, 6.45) is 0. The first kappa shape index (κ1) is 20.0. The van der Waals surface area contributed by atoms with Gasteiger partial charge in [-0.15, -0.1) is 0 Å². The average Bonchev–Trinajstić information content (AvgIpc) is 2.68. The molecule has 28 heavy (non-hydrogen) atoms. The Hall–Kier alpha value is -2.74. The Morgan fingerprint density at radius 2 is 1.79 bits per heavy atom. The standard InChI is InChI=1S/C20H23NO6S/c1-4-25-20(22)13-21(17-11-14(2)5-6-15(17)3)28(23,24)16-7-8-18-19(12-16)27-10-9-26-18/h5-8,11-12H,4,9-10,13H2,1-3H3. The Balaban J connectivity index is 2.07. The SMILES string of the molecule is CCOC(=O)CN(c1cc(C)ccc1C)S(=O)(=O)c1ccc2c(c1)OCCO2. The van der Waals surface area contributed by atoms with E-state index in [0.29, 0.717) is 30.4 Å². The quantitative estimate of drug-likeness (QED) is 0.688. The van der Waals surface area contributed by atoms with Gasteiger partial charge in [-0.05, 0) is 50.1 Å². The fraction of sp³-hybridized carbons (Fsp3) is 0.350. The number of carbonyl (C=O) groups excluding carboxylic acids is 1. The predicted octanol–water partition coefficient (Wildman–Crippen LogP) is 2.83. The first-order chi connectivity index (χ1) is 13.3. The van der Waals surface area contributed by atoms with Crippen LogP contribution in [0.2, 0.25) is 0 Å². The molecular weight excluding hydrogens is 382 g/mol. The van der Waals surface area contributed by atoms with Crippen molar-refractivity contribution in [1.29, 1.82) is 0 Å². The summed E-state index contributed by atoms with van der Waals surface area (Å²) in [4.78, 5) is 12.2. The highest BCUT2D eigenvalue weighted by atomic mass is 32.2. The number of nitrogens with zero attached hydrogens (tertiary/aromatic N) is 1. The van der Waals surface area contributed by atoms with Gasteiger partial charge in [-0.2, -0.15) is 0 Å². The van der Waals surface area contributed by atoms with Crippen LogP contribution in [0.1, 0.15) is 18.1 Å². The summed E-state index contributed by atoms with van der Waals surface area (Å²) in [7, 11) is -4.04. The molecule has 7 nitrogen and oxygen atoms in total. The van der Waals surface area contributed by atoms with Gasteiger partial charge in [0, 0.05) is 6.07 Å². The molecule has 0 amide bonds. The van der Waals surface area contributed by atoms with E-state index in [4.69, 9.17) is 14.2 Å². The lowest BCUT2D eigenvalue weighted by atomic mass is 10.1. The molecule has 0 bridgehead atoms. The molecule has 0 N–H and O–H groups in total. The van der Waals surface area contributed by atoms with Gasteiger partial charge < -0.3 is 14.2 Å². The van der Waals surface area contributed by atoms with E-state index in [1.165, 1.54) is 12.1 Å². The molecule has 1 heterocycles. The molecule has 0 unspecified atom stereocenters. The largest absolute Gasteiger partial charge is 0.486 e. The van der Waals surface area contributed by atoms with E-state index in [0.717, 1.165) is 15.4 Å². The second kappa shape index (κ2) is 8.10. The van der Waals surface area contributed by atoms with Gasteiger partial charge in [-0.1, -0.05) is 12.1 Å². The first-order valence-corrected chi connectivity index (χ1v) is 10.4. The molecule has 0 aliphatic carbocycles. The Morgan fingerprint density at radius 1 is 1.07 bits per heavy atom. The summed E-state index contributed by atoms with van der Waals surface area (Å²) in [5.41, 5.74) is 2.05. The number of ether oxygens (including phenoxy) is 3. The minimum Gasteiger partial charge on any atom is -0.486 e. The maximum atomic E-state index is 13.4. The van der Waals surface area contributed by atoms with Gasteiger partial charge in [-0.25, -0.2) is 8.42 Å². The number of fused-ring (bicyclic) bond motifs is 1. The molecular formula is C20H23NO6S. The van der Waals surface area contributed by atoms with E-state index < -0.39 is 22.5 Å². The number of carbonyl (C=O) groups is 1. The Kier molecular flexibility index (Phi) is 5.79. The Labute approximate surface area is 164 Å². The molecule has 0 fully saturated rings. The molecule has 8 heteroatoms. The second-order valence-electron chi connectivity index (χ2n) is 6.41. The predicted molar refractivity (Wildman–Crippen MR) is 105 cm³/mol. The molecule has 0 aromatic heterocycles. The molecule has 2 aromatic carbocycles. The number of anilines is 1. The lowest BCUT2D eigenvalue weighted by Gasteiger charge is -2.26. The molecule has 0 saturated heterocycles. The van der Waals surface area contributed by atoms with E-state index >= 15 is 0 Å². The zero-order valence-electron chi connectivity index (χ0n) is 16.1. The maximum absolute atomic E-state index is 13.4. The van der Waals surface area contributed by atoms with Crippen LogP contribution in [0, 0.1) is 13.8 Å². The maximum Gasteiger partial charge on any atom is 0.326 e. The van der Waals surface area contributed by atoms with Gasteiger partial charge >= 0.3 is 5.97 Å². The Bertz CT molecular complexity index is 986. The van der Waals surface area contributed by atoms with Crippen LogP contribution in [0.5, 0.6) is 11.5 Å². The third kappa shape index (κ3) is 4.06. The summed E-state index contributed by atoms with van der Waals surface area (Å²) in [6, 6.07) is 9.89. The van der Waals surface area contributed by atoms with Crippen LogP contribution in [-0.4, -0.2) is 40.8 Å². The van der Waals surface area contributed by atoms with Gasteiger partial charge in [0.25, 0.3) is 10.0 Å². The van der Waals surface area contributed by atoms with Crippen LogP contribution in [0.3, 0.4) is 0 Å². The number of esters is 1. The van der Waals surface area contributed by atoms with E-state index in [1.807, 2.05) is 19.1 Å². The fourth-order valence-electron chi connectivity index (χ4n) is 2.92. The van der Waals surface area contributed by atoms with Gasteiger partial charge in [0.05, 0.1) is 17.2 Å². The molecule has 0 radical (unpaired) electrons. The van der Waals surface area contributed by atoms with E-state index in [9.17, 15) is 13.2 Å². The molecule has 0 spiro atoms. The zero-order chi connectivity index (χ0) is 20.3. The summed E-state index contributed by atoms with van der Waals surface area (Å²) >= 11 is 0. The lowest BCUT2D eigenvalue weighted by Crippen LogP contribution is -2.37. The number of benzene rings is 2. The highest BCUT2D eigenvalue weighted by Crippen LogP contribution is 2.35. The van der Waals surface area contributed by atoms with Crippen molar-refractivity contribution in [2.45, 2.75) is 25.7 Å². The highest BCUT2D eigenvalue weighted by molar-refractivity contribution is 7.92. The van der Waals surface area contributed by atoms with E-state index in [-0.39, 0.29) is 11.5 Å². The van der Waals surface area contributed by atoms with Gasteiger partial charge in [0.2, 0.25) is 0 Å². The molecule has 0 saturated carbocycles. The van der Waals surface area contributed by atoms with Crippen molar-refractivity contribution in [2.24, 2.45) is 0 Å². The minimum absolute atomic E-state index is 0.0157. The second-order valence-corrected chi connectivity index (χ2v) is 8.27. The van der Waals surface area contributed by atoms with Crippen LogP contribution in [0.15, 0.2) is 41.3 Å². The van der Waals surface area contributed by atoms with Crippen LogP contribution < -0.4 is 13.8 Å². The lowest BCUT2D eigenvalue weighted by molar-refractivity contribution is -0.141. The number of sulfonamides is 1. The molecule has 1 aliphatic heterocycles. The van der Waals surface area contributed by atoms with Crippen molar-refractivity contribution >= 4 is 21.7 Å². The average molecular weight is 405 g/mol. The summed E-state index contributed by atoms with van der Waals surface area (Å²) < 4.78 is 43.9. The van der Waals surface area contributed by atoms with Crippen molar-refractivity contribution in [3.8, 4) is 11.5 Å². The van der Waals surface area contributed by atoms with Crippen LogP contribution in [-0.2, 0) is 19.6 Å². The number of aryl methyl sites for hydroxylation is 2. The van der Waals surface area contributed by atoms with Gasteiger partial charge in [0.15, 0.2) is 11.5 Å². The summed E-state index contributed by atoms with van der Waals surface area (Å²) in [5.74, 6) is 0.239. The summed E-state index contributed by atoms with van der Waals surface area (Å²) in [5, 5.41) is 0. The minimum atomic E-state index is -4.04. The molecule has 0 atom stereocenters. The first-order valence-electron chi connectivity index (χ1n) is 8.98. The van der Waals surface area contributed by atoms with Crippen LogP contribution >= 0.6 is 0 Å². The molecule has 3 rings (SSSR count). The van der Waals surface area contributed by atoms with Crippen LogP contribution in [0.25, 0.3) is 0 Å². The van der Waals surface area contributed by atoms with Crippen LogP contribution in [0.4, 0.5) is 5.69 Å². The smallest absolute Gasteiger partial charge is 0.326 e. The van der Waals surface area contributed by atoms with Crippen molar-refractivity contribution in [2.75, 3.05) is 30.7 Å². The van der Waals surface area contributed by atoms with E-state index in [1.54, 1.807) is 26.0 Å². The molecule has 2 aromatic rings.